The van der Waals surface area contributed by atoms with Crippen LogP contribution in [0.4, 0.5) is 0 Å². The van der Waals surface area contributed by atoms with Gasteiger partial charge in [0.05, 0.1) is 73.8 Å². The van der Waals surface area contributed by atoms with Crippen LogP contribution in [0.3, 0.4) is 0 Å². The molecule has 22 rings (SSSR count). The van der Waals surface area contributed by atoms with Gasteiger partial charge in [0.15, 0.2) is 0 Å². The minimum Gasteiger partial charge on any atom is -0.466 e. The monoisotopic (exact) mass is 1730 g/mol. The average molecular weight is 1730 g/mol. The van der Waals surface area contributed by atoms with Crippen LogP contribution in [0.2, 0.25) is 0 Å². The van der Waals surface area contributed by atoms with Crippen LogP contribution in [0.5, 0.6) is 0 Å². The molecule has 20 nitrogen and oxygen atoms in total. The average Bonchev–Trinajstić information content (AvgIpc) is 1.57. The van der Waals surface area contributed by atoms with E-state index in [0.717, 1.165) is 172 Å². The van der Waals surface area contributed by atoms with Crippen LogP contribution in [0.25, 0.3) is 0 Å². The third-order valence-electron chi connectivity index (χ3n) is 24.1. The second-order valence-electron chi connectivity index (χ2n) is 31.3. The molecule has 20 atom stereocenters. The van der Waals surface area contributed by atoms with Gasteiger partial charge in [-0.3, -0.25) is 33.0 Å². The summed E-state index contributed by atoms with van der Waals surface area (Å²) in [6.45, 7) is 56.1. The largest absolute Gasteiger partial charge is 0.466 e. The smallest absolute Gasteiger partial charge is 0.312 e. The highest BCUT2D eigenvalue weighted by molar-refractivity contribution is 7.87. The van der Waals surface area contributed by atoms with Gasteiger partial charge in [0.2, 0.25) is 0 Å². The SMILES string of the molecule is C1CC2COC(C1)C2.C1CCCCCC1.C1CCOC1.C1CCOCC1.C1OC2CC3CC1C2C3.CC.CC.CC.CC.CC.CC.CC.CC.CC.CC.CC.CC.O=C1CCCCCO1.O=C1CCCCO1.O=C1CCCO1.O=C1OC2CC3CC1C2C3.O=C1OC2CC3CC1C2O3.O=C1OC2CCCC1C2.O=S1(=O)OC2CC3CC2C1C3. The summed E-state index contributed by atoms with van der Waals surface area (Å²) in [5.41, 5.74) is 0. The number of carbonyl (C=O) groups is 6. The number of carbonyl (C=O) groups excluding carboxylic acids is 6. The molecule has 0 aromatic carbocycles. The lowest BCUT2D eigenvalue weighted by molar-refractivity contribution is -0.147. The van der Waals surface area contributed by atoms with Crippen LogP contribution >= 0.6 is 0 Å². The molecule has 21 heteroatoms. The Hall–Kier alpha value is -3.47. The maximum Gasteiger partial charge on any atom is 0.312 e. The van der Waals surface area contributed by atoms with Crippen molar-refractivity contribution in [2.75, 3.05) is 59.5 Å². The van der Waals surface area contributed by atoms with Gasteiger partial charge in [-0.15, -0.1) is 0 Å². The fraction of sp³-hybridized carbons (Fsp3) is 0.939. The molecule has 120 heavy (non-hydrogen) atoms. The van der Waals surface area contributed by atoms with E-state index in [0.29, 0.717) is 87.2 Å². The molecule has 712 valence electrons. The molecule has 0 aromatic rings. The summed E-state index contributed by atoms with van der Waals surface area (Å²) >= 11 is 0. The molecule has 22 fully saturated rings. The van der Waals surface area contributed by atoms with Gasteiger partial charge in [-0.2, -0.15) is 8.42 Å². The van der Waals surface area contributed by atoms with Crippen molar-refractivity contribution in [3.63, 3.8) is 0 Å². The zero-order valence-electron chi connectivity index (χ0n) is 81.8. The van der Waals surface area contributed by atoms with Crippen molar-refractivity contribution < 1.29 is 93.5 Å². The highest BCUT2D eigenvalue weighted by Gasteiger charge is 2.60. The zero-order chi connectivity index (χ0) is 90.6. The summed E-state index contributed by atoms with van der Waals surface area (Å²) in [6, 6.07) is 0. The van der Waals surface area contributed by atoms with Crippen LogP contribution in [0.1, 0.15) is 423 Å². The van der Waals surface area contributed by atoms with Crippen LogP contribution < -0.4 is 0 Å². The van der Waals surface area contributed by atoms with Gasteiger partial charge in [-0.05, 0) is 215 Å². The van der Waals surface area contributed by atoms with Crippen molar-refractivity contribution in [2.24, 2.45) is 65.1 Å². The molecule has 13 saturated heterocycles. The first-order chi connectivity index (χ1) is 58.8. The maximum absolute atomic E-state index is 11.3. The Morgan fingerprint density at radius 3 is 1.12 bits per heavy atom. The van der Waals surface area contributed by atoms with Gasteiger partial charge < -0.3 is 52.1 Å². The first-order valence-corrected chi connectivity index (χ1v) is 52.3. The topological polar surface area (TPSA) is 247 Å². The minimum absolute atomic E-state index is 0.0255. The van der Waals surface area contributed by atoms with Gasteiger partial charge in [0.25, 0.3) is 10.1 Å². The minimum atomic E-state index is -3.13. The molecule has 9 saturated carbocycles. The highest BCUT2D eigenvalue weighted by Crippen LogP contribution is 2.56. The highest BCUT2D eigenvalue weighted by atomic mass is 32.2. The van der Waals surface area contributed by atoms with Gasteiger partial charge in [-0.25, -0.2) is 0 Å². The molecule has 22 aliphatic rings. The Bertz CT molecular complexity index is 2440. The third kappa shape index (κ3) is 43.8. The predicted molar refractivity (Wildman–Crippen MR) is 489 cm³/mol. The first kappa shape index (κ1) is 119. The van der Waals surface area contributed by atoms with E-state index in [1.54, 1.807) is 0 Å². The number of hydrogen-bond donors (Lipinski definition) is 0. The van der Waals surface area contributed by atoms with Crippen LogP contribution in [-0.2, 0) is 95.2 Å². The molecule has 12 bridgehead atoms. The number of rotatable bonds is 0. The molecule has 0 N–H and O–H groups in total. The van der Waals surface area contributed by atoms with Crippen molar-refractivity contribution in [1.82, 2.24) is 0 Å². The van der Waals surface area contributed by atoms with Crippen LogP contribution in [0.15, 0.2) is 0 Å². The van der Waals surface area contributed by atoms with Gasteiger partial charge in [-0.1, -0.05) is 218 Å². The number of cyclic esters (lactones) is 3. The van der Waals surface area contributed by atoms with E-state index in [-0.39, 0.29) is 77.3 Å². The summed E-state index contributed by atoms with van der Waals surface area (Å²) in [7, 11) is -3.13. The van der Waals surface area contributed by atoms with E-state index in [9.17, 15) is 37.2 Å². The van der Waals surface area contributed by atoms with E-state index in [2.05, 4.69) is 9.47 Å². The Kier molecular flexibility index (Phi) is 74.8. The van der Waals surface area contributed by atoms with Gasteiger partial charge in [0.1, 0.15) is 24.4 Å². The van der Waals surface area contributed by atoms with E-state index >= 15 is 0 Å². The summed E-state index contributed by atoms with van der Waals surface area (Å²) in [6.07, 6.45) is 50.2. The lowest BCUT2D eigenvalue weighted by atomic mass is 9.90. The van der Waals surface area contributed by atoms with Gasteiger partial charge in [0, 0.05) is 70.6 Å². The number of hydrogen-bond acceptors (Lipinski definition) is 20. The second-order valence-corrected chi connectivity index (χ2v) is 33.1. The molecule has 0 spiro atoms. The normalized spacial score (nSPS) is 33.1. The first-order valence-electron chi connectivity index (χ1n) is 50.8. The van der Waals surface area contributed by atoms with E-state index in [1.165, 1.54) is 135 Å². The molecule has 9 aliphatic carbocycles. The van der Waals surface area contributed by atoms with Crippen LogP contribution in [0, 0.1) is 65.1 Å². The van der Waals surface area contributed by atoms with Crippen molar-refractivity contribution in [3.8, 4) is 0 Å². The van der Waals surface area contributed by atoms with Gasteiger partial charge >= 0.3 is 35.8 Å². The molecular weight excluding hydrogens is 1540 g/mol. The summed E-state index contributed by atoms with van der Waals surface area (Å²) < 4.78 is 83.4. The molecule has 13 aliphatic heterocycles. The van der Waals surface area contributed by atoms with E-state index in [4.69, 9.17) is 46.8 Å². The van der Waals surface area contributed by atoms with Crippen molar-refractivity contribution >= 4 is 45.9 Å². The van der Waals surface area contributed by atoms with Crippen molar-refractivity contribution in [3.05, 3.63) is 0 Å². The maximum atomic E-state index is 11.3. The zero-order valence-corrected chi connectivity index (χ0v) is 82.6. The molecular formula is C99H190O20S. The molecule has 20 unspecified atom stereocenters. The van der Waals surface area contributed by atoms with E-state index < -0.39 is 10.1 Å². The van der Waals surface area contributed by atoms with Crippen LogP contribution in [-0.4, -0.2) is 158 Å². The number of esters is 6. The third-order valence-corrected chi connectivity index (χ3v) is 25.9. The van der Waals surface area contributed by atoms with Crippen molar-refractivity contribution in [2.45, 2.75) is 477 Å². The predicted octanol–water partition coefficient (Wildman–Crippen LogP) is 24.8. The fourth-order valence-corrected chi connectivity index (χ4v) is 21.0. The molecule has 0 amide bonds. The fourth-order valence-electron chi connectivity index (χ4n) is 19.0. The van der Waals surface area contributed by atoms with Crippen molar-refractivity contribution in [1.29, 1.82) is 0 Å². The Morgan fingerprint density at radius 2 is 0.717 bits per heavy atom. The Labute approximate surface area is 737 Å². The molecule has 13 heterocycles. The van der Waals surface area contributed by atoms with E-state index in [1.807, 2.05) is 166 Å². The Morgan fingerprint density at radius 1 is 0.283 bits per heavy atom. The standard InChI is InChI=1S/C8H10O2.C8H12O.C7H10O3S.C7H8O3.C7H10O2.C7H12O.C7H14.C6H10O2.C5H8O2.C5H10O.C4H6O2.C4H8O.12C2H6/c9-8-6-2-4-1-5(6)7(3-4)10-8;1-5-2-7-6(1)4-9-8(7)3-5;8-11(9)7-3-4-1-5(7)6(2-4)10-11;8-7-4-1-3-2-5(10-7)6(4)9-3;8-7-5-2-1-3-6(4-5)9-7;1-2-6-4-7(3-1)8-5-6;1-2-4-6-7-5-3-1;7-6-4-2-1-3-5-8-6;6-5-3-1-2-4-7-5;1-2-4-6-5-3-1;5-4-2-1-3-6-4;1-2-4-5-3-1;12*1-2/h4-7H,1-3H2;5-8H,1-4H2;4-7H,1-3H2;3-6H,1-2H2;5-6H,1-4H2;6-7H,1-5H2;1-7H2;1-5H2;1-4H2;1-5H2;1-3H2;1-4H2;12*1-2H3. The number of ether oxygens (including phenoxy) is 11. The molecule has 0 radical (unpaired) electrons. The quantitative estimate of drug-likeness (QED) is 0.0946. The lowest BCUT2D eigenvalue weighted by Crippen LogP contribution is -2.22. The summed E-state index contributed by atoms with van der Waals surface area (Å²) in [4.78, 5) is 63.6. The summed E-state index contributed by atoms with van der Waals surface area (Å²) in [5.74, 6) is 7.09. The Balaban J connectivity index is 0. The molecule has 0 aromatic heterocycles. The summed E-state index contributed by atoms with van der Waals surface area (Å²) in [5, 5.41) is -0.133. The second kappa shape index (κ2) is 75.7. The number of fused-ring (bicyclic) bond motifs is 8. The lowest BCUT2D eigenvalue weighted by Gasteiger charge is -2.14.